The van der Waals surface area contributed by atoms with Crippen LogP contribution < -0.4 is 10.7 Å². The Labute approximate surface area is 157 Å². The maximum absolute atomic E-state index is 12.1. The van der Waals surface area contributed by atoms with Crippen molar-refractivity contribution < 1.29 is 4.79 Å². The number of para-hydroxylation sites is 1. The van der Waals surface area contributed by atoms with Crippen LogP contribution in [-0.4, -0.2) is 23.2 Å². The van der Waals surface area contributed by atoms with Crippen LogP contribution in [-0.2, 0) is 11.8 Å². The fourth-order valence-electron chi connectivity index (χ4n) is 3.24. The molecule has 2 N–H and O–H groups in total. The highest BCUT2D eigenvalue weighted by Crippen LogP contribution is 2.22. The number of hydrazone groups is 1. The van der Waals surface area contributed by atoms with Gasteiger partial charge in [0.2, 0.25) is 0 Å². The van der Waals surface area contributed by atoms with Gasteiger partial charge < -0.3 is 9.88 Å². The van der Waals surface area contributed by atoms with Crippen molar-refractivity contribution >= 4 is 39.5 Å². The minimum absolute atomic E-state index is 0.154. The van der Waals surface area contributed by atoms with Crippen molar-refractivity contribution in [2.45, 2.75) is 0 Å². The van der Waals surface area contributed by atoms with Crippen LogP contribution in [0.4, 0.5) is 5.69 Å². The molecule has 4 aromatic rings. The minimum atomic E-state index is -0.195. The van der Waals surface area contributed by atoms with E-state index in [0.717, 1.165) is 32.9 Å². The van der Waals surface area contributed by atoms with Gasteiger partial charge in [-0.2, -0.15) is 5.10 Å². The van der Waals surface area contributed by atoms with Gasteiger partial charge in [0.1, 0.15) is 0 Å². The minimum Gasteiger partial charge on any atom is -0.376 e. The highest BCUT2D eigenvalue weighted by Gasteiger charge is 2.05. The number of benzene rings is 3. The molecule has 0 aliphatic carbocycles. The third-order valence-electron chi connectivity index (χ3n) is 4.55. The van der Waals surface area contributed by atoms with Crippen LogP contribution >= 0.6 is 0 Å². The van der Waals surface area contributed by atoms with E-state index in [1.807, 2.05) is 66.3 Å². The summed E-state index contributed by atoms with van der Waals surface area (Å²) in [6.45, 7) is 0.154. The van der Waals surface area contributed by atoms with Crippen LogP contribution in [0, 0.1) is 0 Å². The zero-order chi connectivity index (χ0) is 18.6. The highest BCUT2D eigenvalue weighted by molar-refractivity contribution is 6.00. The van der Waals surface area contributed by atoms with Gasteiger partial charge in [-0.1, -0.05) is 54.6 Å². The molecule has 1 amide bonds. The van der Waals surface area contributed by atoms with E-state index in [-0.39, 0.29) is 12.5 Å². The number of carbonyl (C=O) groups is 1. The summed E-state index contributed by atoms with van der Waals surface area (Å²) in [5.74, 6) is -0.195. The number of anilines is 1. The van der Waals surface area contributed by atoms with Crippen LogP contribution in [0.3, 0.4) is 0 Å². The number of hydrogen-bond donors (Lipinski definition) is 2. The van der Waals surface area contributed by atoms with E-state index in [1.54, 1.807) is 6.21 Å². The molecule has 0 saturated carbocycles. The Morgan fingerprint density at radius 3 is 2.63 bits per heavy atom. The summed E-state index contributed by atoms with van der Waals surface area (Å²) < 4.78 is 2.04. The molecule has 3 aromatic carbocycles. The van der Waals surface area contributed by atoms with Gasteiger partial charge in [-0.25, -0.2) is 5.43 Å². The van der Waals surface area contributed by atoms with Gasteiger partial charge in [-0.15, -0.1) is 0 Å². The van der Waals surface area contributed by atoms with Crippen molar-refractivity contribution in [1.29, 1.82) is 0 Å². The summed E-state index contributed by atoms with van der Waals surface area (Å²) in [4.78, 5) is 12.1. The zero-order valence-corrected chi connectivity index (χ0v) is 15.0. The van der Waals surface area contributed by atoms with Crippen LogP contribution in [0.15, 0.2) is 78.0 Å². The van der Waals surface area contributed by atoms with Crippen LogP contribution in [0.1, 0.15) is 5.56 Å². The lowest BCUT2D eigenvalue weighted by atomic mass is 10.1. The first-order valence-electron chi connectivity index (χ1n) is 8.80. The molecule has 0 aliphatic rings. The SMILES string of the molecule is Cn1cc(C=NNC(=O)CNc2cccc3ccccc23)c2ccccc21. The highest BCUT2D eigenvalue weighted by atomic mass is 16.2. The largest absolute Gasteiger partial charge is 0.376 e. The fourth-order valence-corrected chi connectivity index (χ4v) is 3.24. The monoisotopic (exact) mass is 356 g/mol. The van der Waals surface area contributed by atoms with E-state index < -0.39 is 0 Å². The van der Waals surface area contributed by atoms with Gasteiger partial charge in [-0.05, 0) is 17.5 Å². The number of nitrogens with zero attached hydrogens (tertiary/aromatic N) is 2. The average Bonchev–Trinajstić information content (AvgIpc) is 3.02. The molecular weight excluding hydrogens is 336 g/mol. The molecular formula is C22H20N4O. The number of hydrogen-bond acceptors (Lipinski definition) is 3. The maximum Gasteiger partial charge on any atom is 0.259 e. The van der Waals surface area contributed by atoms with Crippen molar-refractivity contribution in [3.8, 4) is 0 Å². The lowest BCUT2D eigenvalue weighted by Crippen LogP contribution is -2.25. The van der Waals surface area contributed by atoms with Crippen molar-refractivity contribution in [3.05, 3.63) is 78.5 Å². The summed E-state index contributed by atoms with van der Waals surface area (Å²) in [6, 6.07) is 22.2. The molecule has 0 saturated heterocycles. The third-order valence-corrected chi connectivity index (χ3v) is 4.55. The number of aromatic nitrogens is 1. The molecule has 0 unspecified atom stereocenters. The quantitative estimate of drug-likeness (QED) is 0.421. The van der Waals surface area contributed by atoms with Gasteiger partial charge >= 0.3 is 0 Å². The van der Waals surface area contributed by atoms with Crippen LogP contribution in [0.25, 0.3) is 21.7 Å². The second kappa shape index (κ2) is 7.33. The van der Waals surface area contributed by atoms with Crippen molar-refractivity contribution in [2.24, 2.45) is 12.1 Å². The van der Waals surface area contributed by atoms with Gasteiger partial charge in [0.25, 0.3) is 5.91 Å². The van der Waals surface area contributed by atoms with E-state index in [2.05, 4.69) is 34.0 Å². The molecule has 0 spiro atoms. The lowest BCUT2D eigenvalue weighted by Gasteiger charge is -2.08. The van der Waals surface area contributed by atoms with Crippen molar-refractivity contribution in [3.63, 3.8) is 0 Å². The Bertz CT molecular complexity index is 1140. The molecule has 1 heterocycles. The van der Waals surface area contributed by atoms with Gasteiger partial charge in [0.15, 0.2) is 0 Å². The molecule has 134 valence electrons. The molecule has 0 atom stereocenters. The van der Waals surface area contributed by atoms with Gasteiger partial charge in [0.05, 0.1) is 12.8 Å². The standard InChI is InChI=1S/C22H20N4O/c1-26-15-17(19-10-4-5-12-21(19)26)13-24-25-22(27)14-23-20-11-6-8-16-7-2-3-9-18(16)20/h2-13,15,23H,14H2,1H3,(H,25,27). The average molecular weight is 356 g/mol. The Morgan fingerprint density at radius 1 is 1.00 bits per heavy atom. The normalized spacial score (nSPS) is 11.3. The lowest BCUT2D eigenvalue weighted by molar-refractivity contribution is -0.119. The summed E-state index contributed by atoms with van der Waals surface area (Å²) in [7, 11) is 1.99. The van der Waals surface area contributed by atoms with Crippen molar-refractivity contribution in [1.82, 2.24) is 9.99 Å². The van der Waals surface area contributed by atoms with E-state index in [1.165, 1.54) is 0 Å². The third kappa shape index (κ3) is 3.53. The smallest absolute Gasteiger partial charge is 0.259 e. The van der Waals surface area contributed by atoms with E-state index in [0.29, 0.717) is 0 Å². The molecule has 4 rings (SSSR count). The Kier molecular flexibility index (Phi) is 4.58. The topological polar surface area (TPSA) is 58.4 Å². The second-order valence-electron chi connectivity index (χ2n) is 6.39. The predicted molar refractivity (Wildman–Crippen MR) is 111 cm³/mol. The maximum atomic E-state index is 12.1. The van der Waals surface area contributed by atoms with E-state index >= 15 is 0 Å². The fraction of sp³-hybridized carbons (Fsp3) is 0.0909. The molecule has 0 fully saturated rings. The van der Waals surface area contributed by atoms with Crippen LogP contribution in [0.5, 0.6) is 0 Å². The first kappa shape index (κ1) is 16.8. The molecule has 1 aromatic heterocycles. The van der Waals surface area contributed by atoms with Gasteiger partial charge in [0, 0.05) is 40.8 Å². The summed E-state index contributed by atoms with van der Waals surface area (Å²) >= 11 is 0. The first-order valence-corrected chi connectivity index (χ1v) is 8.80. The first-order chi connectivity index (χ1) is 13.2. The van der Waals surface area contributed by atoms with E-state index in [9.17, 15) is 4.79 Å². The number of nitrogens with one attached hydrogen (secondary N) is 2. The van der Waals surface area contributed by atoms with E-state index in [4.69, 9.17) is 0 Å². The molecule has 5 nitrogen and oxygen atoms in total. The zero-order valence-electron chi connectivity index (χ0n) is 15.0. The van der Waals surface area contributed by atoms with Crippen molar-refractivity contribution in [2.75, 3.05) is 11.9 Å². The number of amides is 1. The predicted octanol–water partition coefficient (Wildman–Crippen LogP) is 3.89. The summed E-state index contributed by atoms with van der Waals surface area (Å²) in [6.07, 6.45) is 3.67. The molecule has 0 bridgehead atoms. The number of carbonyl (C=O) groups excluding carboxylic acids is 1. The molecule has 0 aliphatic heterocycles. The Hall–Kier alpha value is -3.60. The molecule has 0 radical (unpaired) electrons. The summed E-state index contributed by atoms with van der Waals surface area (Å²) in [5, 5.41) is 10.6. The Balaban J connectivity index is 1.40. The van der Waals surface area contributed by atoms with Crippen LogP contribution in [0.2, 0.25) is 0 Å². The Morgan fingerprint density at radius 2 is 1.74 bits per heavy atom. The molecule has 27 heavy (non-hydrogen) atoms. The molecule has 5 heteroatoms. The number of rotatable bonds is 5. The number of aryl methyl sites for hydroxylation is 1. The van der Waals surface area contributed by atoms with Gasteiger partial charge in [-0.3, -0.25) is 4.79 Å². The second-order valence-corrected chi connectivity index (χ2v) is 6.39. The summed E-state index contributed by atoms with van der Waals surface area (Å²) in [5.41, 5.74) is 5.61. The number of fused-ring (bicyclic) bond motifs is 2.